The van der Waals surface area contributed by atoms with E-state index in [0.717, 1.165) is 28.6 Å². The number of urea groups is 1. The van der Waals surface area contributed by atoms with Crippen molar-refractivity contribution in [2.45, 2.75) is 25.4 Å². The molecule has 0 unspecified atom stereocenters. The van der Waals surface area contributed by atoms with Gasteiger partial charge in [-0.05, 0) is 24.0 Å². The summed E-state index contributed by atoms with van der Waals surface area (Å²) >= 11 is 2.57. The summed E-state index contributed by atoms with van der Waals surface area (Å²) in [5.41, 5.74) is 0.868. The number of thioether (sulfide) groups is 1. The van der Waals surface area contributed by atoms with Crippen molar-refractivity contribution in [1.29, 1.82) is 0 Å². The van der Waals surface area contributed by atoms with E-state index in [1.54, 1.807) is 7.05 Å². The SMILES string of the molecule is CC(C)CCNC(=O)NC(=O)CSc1nc2sc(-c3ccccc3)cc2c(=O)n1C. The molecule has 3 amide bonds. The molecule has 30 heavy (non-hydrogen) atoms. The van der Waals surface area contributed by atoms with E-state index in [9.17, 15) is 14.4 Å². The van der Waals surface area contributed by atoms with Crippen molar-refractivity contribution >= 4 is 45.3 Å². The maximum Gasteiger partial charge on any atom is 0.321 e. The molecule has 0 aliphatic rings. The lowest BCUT2D eigenvalue weighted by Crippen LogP contribution is -2.41. The summed E-state index contributed by atoms with van der Waals surface area (Å²) < 4.78 is 1.44. The van der Waals surface area contributed by atoms with Gasteiger partial charge in [0.1, 0.15) is 4.83 Å². The lowest BCUT2D eigenvalue weighted by molar-refractivity contribution is -0.117. The highest BCUT2D eigenvalue weighted by atomic mass is 32.2. The van der Waals surface area contributed by atoms with E-state index in [1.165, 1.54) is 15.9 Å². The predicted octanol–water partition coefficient (Wildman–Crippen LogP) is 3.63. The fraction of sp³-hybridized carbons (Fsp3) is 0.333. The molecule has 9 heteroatoms. The number of nitrogens with one attached hydrogen (secondary N) is 2. The highest BCUT2D eigenvalue weighted by Gasteiger charge is 2.15. The van der Waals surface area contributed by atoms with Crippen LogP contribution in [0, 0.1) is 5.92 Å². The van der Waals surface area contributed by atoms with Gasteiger partial charge in [-0.3, -0.25) is 19.5 Å². The van der Waals surface area contributed by atoms with Gasteiger partial charge < -0.3 is 5.32 Å². The molecule has 2 N–H and O–H groups in total. The van der Waals surface area contributed by atoms with Crippen LogP contribution in [0.4, 0.5) is 4.79 Å². The first kappa shape index (κ1) is 22.0. The molecular formula is C21H24N4O3S2. The zero-order valence-electron chi connectivity index (χ0n) is 17.1. The molecule has 3 aromatic rings. The van der Waals surface area contributed by atoms with E-state index in [0.29, 0.717) is 27.8 Å². The Morgan fingerprint density at radius 2 is 1.97 bits per heavy atom. The lowest BCUT2D eigenvalue weighted by atomic mass is 10.1. The van der Waals surface area contributed by atoms with Crippen molar-refractivity contribution in [2.75, 3.05) is 12.3 Å². The smallest absolute Gasteiger partial charge is 0.321 e. The first-order valence-electron chi connectivity index (χ1n) is 9.61. The monoisotopic (exact) mass is 444 g/mol. The maximum atomic E-state index is 12.7. The number of rotatable bonds is 7. The molecule has 0 aliphatic carbocycles. The Morgan fingerprint density at radius 3 is 2.67 bits per heavy atom. The molecule has 1 aromatic carbocycles. The number of aromatic nitrogens is 2. The molecule has 0 atom stereocenters. The fourth-order valence-corrected chi connectivity index (χ4v) is 4.58. The van der Waals surface area contributed by atoms with Gasteiger partial charge in [0, 0.05) is 18.5 Å². The Balaban J connectivity index is 1.67. The van der Waals surface area contributed by atoms with Crippen LogP contribution < -0.4 is 16.2 Å². The Morgan fingerprint density at radius 1 is 1.23 bits per heavy atom. The molecule has 3 rings (SSSR count). The van der Waals surface area contributed by atoms with E-state index in [-0.39, 0.29) is 11.3 Å². The standard InChI is InChI=1S/C21H24N4O3S2/c1-13(2)9-10-22-20(28)23-17(26)12-29-21-24-18-15(19(27)25(21)3)11-16(30-18)14-7-5-4-6-8-14/h4-8,11,13H,9-10,12H2,1-3H3,(H2,22,23,26,28). The second-order valence-corrected chi connectivity index (χ2v) is 9.20. The largest absolute Gasteiger partial charge is 0.338 e. The van der Waals surface area contributed by atoms with Crippen LogP contribution in [-0.2, 0) is 11.8 Å². The summed E-state index contributed by atoms with van der Waals surface area (Å²) in [5, 5.41) is 5.94. The third kappa shape index (κ3) is 5.48. The quantitative estimate of drug-likeness (QED) is 0.429. The summed E-state index contributed by atoms with van der Waals surface area (Å²) in [5.74, 6) is 0.0198. The number of nitrogens with zero attached hydrogens (tertiary/aromatic N) is 2. The van der Waals surface area contributed by atoms with Crippen LogP contribution in [0.5, 0.6) is 0 Å². The van der Waals surface area contributed by atoms with E-state index in [1.807, 2.05) is 36.4 Å². The van der Waals surface area contributed by atoms with Crippen molar-refractivity contribution in [2.24, 2.45) is 13.0 Å². The molecule has 0 radical (unpaired) electrons. The van der Waals surface area contributed by atoms with Crippen LogP contribution in [-0.4, -0.2) is 33.8 Å². The summed E-state index contributed by atoms with van der Waals surface area (Å²) in [6, 6.07) is 11.2. The third-order valence-electron chi connectivity index (χ3n) is 4.38. The number of benzene rings is 1. The second-order valence-electron chi connectivity index (χ2n) is 7.23. The molecular weight excluding hydrogens is 420 g/mol. The molecule has 0 spiro atoms. The molecule has 0 fully saturated rings. The summed E-state index contributed by atoms with van der Waals surface area (Å²) in [7, 11) is 1.63. The van der Waals surface area contributed by atoms with E-state index in [4.69, 9.17) is 0 Å². The van der Waals surface area contributed by atoms with E-state index >= 15 is 0 Å². The normalized spacial score (nSPS) is 11.1. The summed E-state index contributed by atoms with van der Waals surface area (Å²) in [6.07, 6.45) is 0.841. The van der Waals surface area contributed by atoms with Gasteiger partial charge in [-0.25, -0.2) is 9.78 Å². The fourth-order valence-electron chi connectivity index (χ4n) is 2.73. The van der Waals surface area contributed by atoms with Crippen LogP contribution in [0.3, 0.4) is 0 Å². The minimum atomic E-state index is -0.510. The van der Waals surface area contributed by atoms with Gasteiger partial charge in [0.2, 0.25) is 5.91 Å². The van der Waals surface area contributed by atoms with Gasteiger partial charge in [0.25, 0.3) is 5.56 Å². The first-order chi connectivity index (χ1) is 14.3. The van der Waals surface area contributed by atoms with Crippen molar-refractivity contribution in [3.63, 3.8) is 0 Å². The number of carbonyl (C=O) groups is 2. The summed E-state index contributed by atoms with van der Waals surface area (Å²) in [6.45, 7) is 4.64. The number of amides is 3. The molecule has 0 aliphatic heterocycles. The van der Waals surface area contributed by atoms with E-state index < -0.39 is 11.9 Å². The third-order valence-corrected chi connectivity index (χ3v) is 6.49. The van der Waals surface area contributed by atoms with Crippen molar-refractivity contribution < 1.29 is 9.59 Å². The minimum Gasteiger partial charge on any atom is -0.338 e. The number of hydrogen-bond donors (Lipinski definition) is 2. The Hall–Kier alpha value is -2.65. The minimum absolute atomic E-state index is 0.0136. The zero-order valence-corrected chi connectivity index (χ0v) is 18.7. The second kappa shape index (κ2) is 9.90. The van der Waals surface area contributed by atoms with Crippen LogP contribution in [0.2, 0.25) is 0 Å². The number of thiophene rings is 1. The average molecular weight is 445 g/mol. The van der Waals surface area contributed by atoms with Crippen molar-refractivity contribution in [3.05, 3.63) is 46.8 Å². The van der Waals surface area contributed by atoms with Gasteiger partial charge in [-0.1, -0.05) is 55.9 Å². The molecule has 0 saturated carbocycles. The Kier molecular flexibility index (Phi) is 7.28. The topological polar surface area (TPSA) is 93.1 Å². The van der Waals surface area contributed by atoms with Gasteiger partial charge in [0.15, 0.2) is 5.16 Å². The highest BCUT2D eigenvalue weighted by molar-refractivity contribution is 7.99. The average Bonchev–Trinajstić information content (AvgIpc) is 3.14. The predicted molar refractivity (Wildman–Crippen MR) is 122 cm³/mol. The molecule has 0 saturated heterocycles. The maximum absolute atomic E-state index is 12.7. The number of carbonyl (C=O) groups excluding carboxylic acids is 2. The van der Waals surface area contributed by atoms with Crippen molar-refractivity contribution in [1.82, 2.24) is 20.2 Å². The highest BCUT2D eigenvalue weighted by Crippen LogP contribution is 2.31. The zero-order chi connectivity index (χ0) is 21.7. The molecule has 2 aromatic heterocycles. The van der Waals surface area contributed by atoms with E-state index in [2.05, 4.69) is 29.5 Å². The number of imide groups is 1. The van der Waals surface area contributed by atoms with Gasteiger partial charge in [0.05, 0.1) is 11.1 Å². The van der Waals surface area contributed by atoms with Crippen molar-refractivity contribution in [3.8, 4) is 10.4 Å². The van der Waals surface area contributed by atoms with Gasteiger partial charge >= 0.3 is 6.03 Å². The van der Waals surface area contributed by atoms with Crippen LogP contribution in [0.15, 0.2) is 46.3 Å². The number of hydrogen-bond acceptors (Lipinski definition) is 6. The molecule has 158 valence electrons. The lowest BCUT2D eigenvalue weighted by Gasteiger charge is -2.09. The molecule has 7 nitrogen and oxygen atoms in total. The summed E-state index contributed by atoms with van der Waals surface area (Å²) in [4.78, 5) is 42.7. The van der Waals surface area contributed by atoms with Crippen LogP contribution in [0.1, 0.15) is 20.3 Å². The van der Waals surface area contributed by atoms with Crippen LogP contribution >= 0.6 is 23.1 Å². The Labute approximate surface area is 182 Å². The van der Waals surface area contributed by atoms with Crippen LogP contribution in [0.25, 0.3) is 20.7 Å². The number of fused-ring (bicyclic) bond motifs is 1. The van der Waals surface area contributed by atoms with Gasteiger partial charge in [-0.15, -0.1) is 11.3 Å². The molecule has 0 bridgehead atoms. The molecule has 2 heterocycles. The Bertz CT molecular complexity index is 1110. The van der Waals surface area contributed by atoms with Gasteiger partial charge in [-0.2, -0.15) is 0 Å². The first-order valence-corrected chi connectivity index (χ1v) is 11.4.